The molecule has 2 N–H and O–H groups in total. The first-order valence-electron chi connectivity index (χ1n) is 6.49. The molecule has 92 valence electrons. The minimum atomic E-state index is -0.175. The van der Waals surface area contributed by atoms with Crippen LogP contribution in [0.2, 0.25) is 0 Å². The first-order valence-corrected chi connectivity index (χ1v) is 6.49. The molecule has 3 rings (SSSR count). The lowest BCUT2D eigenvalue weighted by atomic mass is 9.75. The third-order valence-electron chi connectivity index (χ3n) is 4.09. The Kier molecular flexibility index (Phi) is 2.49. The van der Waals surface area contributed by atoms with Crippen molar-refractivity contribution in [2.24, 2.45) is 5.92 Å². The van der Waals surface area contributed by atoms with Crippen LogP contribution >= 0.6 is 0 Å². The summed E-state index contributed by atoms with van der Waals surface area (Å²) in [7, 11) is 0. The number of rotatable bonds is 0. The molecule has 2 aliphatic rings. The second-order valence-electron chi connectivity index (χ2n) is 5.65. The molecule has 2 nitrogen and oxygen atoms in total. The van der Waals surface area contributed by atoms with E-state index in [1.54, 1.807) is 6.07 Å². The summed E-state index contributed by atoms with van der Waals surface area (Å²) >= 11 is 0. The lowest BCUT2D eigenvalue weighted by Gasteiger charge is -2.45. The van der Waals surface area contributed by atoms with Gasteiger partial charge < -0.3 is 10.6 Å². The maximum Gasteiger partial charge on any atom is 0.125 e. The monoisotopic (exact) mass is 234 g/mol. The SMILES string of the molecule is CC1CCCC2(CNc3cc(F)ccc3N2)C1. The standard InChI is InChI=1S/C14H19FN2/c1-10-3-2-6-14(8-10)9-16-13-7-11(15)4-5-12(13)17-14/h4-5,7,10,16-17H,2-3,6,8-9H2,1H3. The number of halogens is 1. The van der Waals surface area contributed by atoms with Crippen LogP contribution < -0.4 is 10.6 Å². The Bertz CT molecular complexity index is 432. The number of benzene rings is 1. The summed E-state index contributed by atoms with van der Waals surface area (Å²) in [5, 5.41) is 7.02. The molecule has 1 aliphatic heterocycles. The van der Waals surface area contributed by atoms with E-state index in [1.807, 2.05) is 6.07 Å². The summed E-state index contributed by atoms with van der Waals surface area (Å²) < 4.78 is 13.1. The average molecular weight is 234 g/mol. The van der Waals surface area contributed by atoms with Gasteiger partial charge in [0, 0.05) is 6.54 Å². The normalized spacial score (nSPS) is 31.5. The van der Waals surface area contributed by atoms with Crippen LogP contribution in [0.15, 0.2) is 18.2 Å². The lowest BCUT2D eigenvalue weighted by molar-refractivity contribution is 0.266. The van der Waals surface area contributed by atoms with Gasteiger partial charge in [-0.05, 0) is 37.0 Å². The van der Waals surface area contributed by atoms with Gasteiger partial charge in [0.25, 0.3) is 0 Å². The van der Waals surface area contributed by atoms with E-state index in [4.69, 9.17) is 0 Å². The molecule has 17 heavy (non-hydrogen) atoms. The fourth-order valence-corrected chi connectivity index (χ4v) is 3.30. The maximum absolute atomic E-state index is 13.1. The number of hydrogen-bond acceptors (Lipinski definition) is 2. The highest BCUT2D eigenvalue weighted by atomic mass is 19.1. The summed E-state index contributed by atoms with van der Waals surface area (Å²) in [5.74, 6) is 0.603. The van der Waals surface area contributed by atoms with Gasteiger partial charge in [0.05, 0.1) is 16.9 Å². The van der Waals surface area contributed by atoms with Crippen molar-refractivity contribution < 1.29 is 4.39 Å². The van der Waals surface area contributed by atoms with Gasteiger partial charge in [0.1, 0.15) is 5.82 Å². The molecule has 1 aromatic rings. The van der Waals surface area contributed by atoms with E-state index in [0.717, 1.165) is 23.8 Å². The zero-order valence-electron chi connectivity index (χ0n) is 10.2. The van der Waals surface area contributed by atoms with E-state index in [0.29, 0.717) is 0 Å². The van der Waals surface area contributed by atoms with E-state index >= 15 is 0 Å². The van der Waals surface area contributed by atoms with Gasteiger partial charge in [-0.3, -0.25) is 0 Å². The van der Waals surface area contributed by atoms with Gasteiger partial charge >= 0.3 is 0 Å². The van der Waals surface area contributed by atoms with Crippen molar-refractivity contribution in [3.8, 4) is 0 Å². The van der Waals surface area contributed by atoms with Gasteiger partial charge in [-0.25, -0.2) is 4.39 Å². The molecule has 1 spiro atoms. The van der Waals surface area contributed by atoms with E-state index in [-0.39, 0.29) is 11.4 Å². The molecule has 0 amide bonds. The van der Waals surface area contributed by atoms with Crippen molar-refractivity contribution in [1.82, 2.24) is 0 Å². The summed E-state index contributed by atoms with van der Waals surface area (Å²) in [4.78, 5) is 0. The number of hydrogen-bond donors (Lipinski definition) is 2. The third kappa shape index (κ3) is 1.99. The molecule has 0 bridgehead atoms. The van der Waals surface area contributed by atoms with E-state index in [9.17, 15) is 4.39 Å². The van der Waals surface area contributed by atoms with Gasteiger partial charge in [-0.2, -0.15) is 0 Å². The molecular weight excluding hydrogens is 215 g/mol. The summed E-state index contributed by atoms with van der Waals surface area (Å²) in [6, 6.07) is 4.94. The first-order chi connectivity index (χ1) is 8.17. The van der Waals surface area contributed by atoms with Crippen LogP contribution in [0.25, 0.3) is 0 Å². The molecule has 1 aliphatic carbocycles. The summed E-state index contributed by atoms with van der Waals surface area (Å²) in [6.45, 7) is 3.23. The quantitative estimate of drug-likeness (QED) is 0.716. The van der Waals surface area contributed by atoms with Crippen molar-refractivity contribution in [2.45, 2.75) is 38.1 Å². The highest BCUT2D eigenvalue weighted by molar-refractivity contribution is 5.72. The van der Waals surface area contributed by atoms with Crippen LogP contribution in [0.4, 0.5) is 15.8 Å². The minimum absolute atomic E-state index is 0.175. The minimum Gasteiger partial charge on any atom is -0.381 e. The topological polar surface area (TPSA) is 24.1 Å². The second-order valence-corrected chi connectivity index (χ2v) is 5.65. The van der Waals surface area contributed by atoms with Crippen molar-refractivity contribution in [3.05, 3.63) is 24.0 Å². The molecule has 0 radical (unpaired) electrons. The predicted octanol–water partition coefficient (Wildman–Crippen LogP) is 3.61. The third-order valence-corrected chi connectivity index (χ3v) is 4.09. The van der Waals surface area contributed by atoms with Crippen LogP contribution in [-0.4, -0.2) is 12.1 Å². The predicted molar refractivity (Wildman–Crippen MR) is 68.9 cm³/mol. The smallest absolute Gasteiger partial charge is 0.125 e. The Morgan fingerprint density at radius 1 is 1.35 bits per heavy atom. The van der Waals surface area contributed by atoms with Crippen molar-refractivity contribution in [3.63, 3.8) is 0 Å². The summed E-state index contributed by atoms with van der Waals surface area (Å²) in [5.41, 5.74) is 2.13. The summed E-state index contributed by atoms with van der Waals surface area (Å²) in [6.07, 6.45) is 5.03. The van der Waals surface area contributed by atoms with E-state index in [2.05, 4.69) is 17.6 Å². The Hall–Kier alpha value is -1.25. The highest BCUT2D eigenvalue weighted by Gasteiger charge is 2.37. The molecule has 2 unspecified atom stereocenters. The first kappa shape index (κ1) is 10.9. The molecule has 2 atom stereocenters. The Labute approximate surface area is 102 Å². The van der Waals surface area contributed by atoms with Crippen LogP contribution in [0, 0.1) is 11.7 Å². The largest absolute Gasteiger partial charge is 0.381 e. The Balaban J connectivity index is 1.86. The average Bonchev–Trinajstić information content (AvgIpc) is 2.30. The van der Waals surface area contributed by atoms with Gasteiger partial charge in [0.2, 0.25) is 0 Å². The van der Waals surface area contributed by atoms with Crippen LogP contribution in [0.5, 0.6) is 0 Å². The molecular formula is C14H19FN2. The maximum atomic E-state index is 13.1. The number of nitrogens with one attached hydrogen (secondary N) is 2. The fraction of sp³-hybridized carbons (Fsp3) is 0.571. The Morgan fingerprint density at radius 3 is 3.06 bits per heavy atom. The number of anilines is 2. The molecule has 1 heterocycles. The van der Waals surface area contributed by atoms with Gasteiger partial charge in [-0.1, -0.05) is 19.8 Å². The molecule has 0 saturated heterocycles. The molecule has 1 fully saturated rings. The fourth-order valence-electron chi connectivity index (χ4n) is 3.30. The van der Waals surface area contributed by atoms with Crippen LogP contribution in [0.3, 0.4) is 0 Å². The van der Waals surface area contributed by atoms with E-state index in [1.165, 1.54) is 31.7 Å². The molecule has 1 saturated carbocycles. The molecule has 3 heteroatoms. The second kappa shape index (κ2) is 3.90. The Morgan fingerprint density at radius 2 is 2.24 bits per heavy atom. The lowest BCUT2D eigenvalue weighted by Crippen LogP contribution is -2.50. The van der Waals surface area contributed by atoms with Crippen LogP contribution in [-0.2, 0) is 0 Å². The number of fused-ring (bicyclic) bond motifs is 1. The zero-order chi connectivity index (χ0) is 11.9. The van der Waals surface area contributed by atoms with E-state index < -0.39 is 0 Å². The highest BCUT2D eigenvalue weighted by Crippen LogP contribution is 2.40. The van der Waals surface area contributed by atoms with Gasteiger partial charge in [-0.15, -0.1) is 0 Å². The van der Waals surface area contributed by atoms with Crippen LogP contribution in [0.1, 0.15) is 32.6 Å². The molecule has 0 aromatic heterocycles. The molecule has 1 aromatic carbocycles. The van der Waals surface area contributed by atoms with Crippen molar-refractivity contribution >= 4 is 11.4 Å². The van der Waals surface area contributed by atoms with Crippen molar-refractivity contribution in [1.29, 1.82) is 0 Å². The van der Waals surface area contributed by atoms with Crippen molar-refractivity contribution in [2.75, 3.05) is 17.2 Å². The van der Waals surface area contributed by atoms with Gasteiger partial charge in [0.15, 0.2) is 0 Å². The zero-order valence-corrected chi connectivity index (χ0v) is 10.2.